The predicted octanol–water partition coefficient (Wildman–Crippen LogP) is 4.04. The lowest BCUT2D eigenvalue weighted by Gasteiger charge is -2.07. The van der Waals surface area contributed by atoms with E-state index in [1.165, 1.54) is 22.9 Å². The Labute approximate surface area is 197 Å². The average Bonchev–Trinajstić information content (AvgIpc) is 3.42. The van der Waals surface area contributed by atoms with Gasteiger partial charge in [-0.15, -0.1) is 0 Å². The second-order valence-corrected chi connectivity index (χ2v) is 8.05. The van der Waals surface area contributed by atoms with Crippen molar-refractivity contribution in [1.82, 2.24) is 24.7 Å². The van der Waals surface area contributed by atoms with E-state index in [1.807, 2.05) is 0 Å². The Bertz CT molecular complexity index is 1410. The normalized spacial score (nSPS) is 11.1. The third-order valence-corrected chi connectivity index (χ3v) is 5.57. The molecular formula is C21H19ClFN7O4. The number of nitrogens with zero attached hydrogens (tertiary/aromatic N) is 6. The van der Waals surface area contributed by atoms with Crippen LogP contribution in [-0.2, 0) is 13.1 Å². The van der Waals surface area contributed by atoms with Crippen molar-refractivity contribution in [1.29, 1.82) is 0 Å². The van der Waals surface area contributed by atoms with Gasteiger partial charge in [-0.05, 0) is 43.4 Å². The van der Waals surface area contributed by atoms with Gasteiger partial charge in [0.05, 0.1) is 35.5 Å². The molecule has 0 bridgehead atoms. The van der Waals surface area contributed by atoms with Crippen LogP contribution >= 0.6 is 11.6 Å². The van der Waals surface area contributed by atoms with Crippen LogP contribution < -0.4 is 5.32 Å². The van der Waals surface area contributed by atoms with E-state index in [-0.39, 0.29) is 35.4 Å². The van der Waals surface area contributed by atoms with Gasteiger partial charge in [0.2, 0.25) is 0 Å². The molecule has 0 saturated carbocycles. The molecular weight excluding hydrogens is 469 g/mol. The molecule has 3 heterocycles. The maximum Gasteiger partial charge on any atom is 0.390 e. The number of hydrogen-bond acceptors (Lipinski definition) is 7. The van der Waals surface area contributed by atoms with E-state index in [9.17, 15) is 19.3 Å². The summed E-state index contributed by atoms with van der Waals surface area (Å²) in [6.07, 6.45) is 0. The number of anilines is 1. The molecule has 0 spiro atoms. The Balaban J connectivity index is 1.53. The lowest BCUT2D eigenvalue weighted by Crippen LogP contribution is -2.17. The van der Waals surface area contributed by atoms with Crippen molar-refractivity contribution in [2.75, 3.05) is 5.32 Å². The van der Waals surface area contributed by atoms with Gasteiger partial charge in [-0.1, -0.05) is 22.8 Å². The minimum absolute atomic E-state index is 0.0174. The average molecular weight is 488 g/mol. The van der Waals surface area contributed by atoms with Crippen molar-refractivity contribution >= 4 is 29.1 Å². The molecule has 0 saturated heterocycles. The predicted molar refractivity (Wildman–Crippen MR) is 119 cm³/mol. The Morgan fingerprint density at radius 2 is 1.85 bits per heavy atom. The smallest absolute Gasteiger partial charge is 0.361 e. The minimum Gasteiger partial charge on any atom is -0.361 e. The van der Waals surface area contributed by atoms with Crippen LogP contribution in [0.4, 0.5) is 16.0 Å². The second kappa shape index (κ2) is 9.06. The molecule has 13 heteroatoms. The maximum atomic E-state index is 13.3. The lowest BCUT2D eigenvalue weighted by molar-refractivity contribution is -0.389. The largest absolute Gasteiger partial charge is 0.390 e. The monoisotopic (exact) mass is 487 g/mol. The molecule has 0 aliphatic rings. The van der Waals surface area contributed by atoms with Gasteiger partial charge in [0.25, 0.3) is 5.91 Å². The zero-order valence-electron chi connectivity index (χ0n) is 18.4. The first-order valence-electron chi connectivity index (χ1n) is 10.1. The number of halogens is 2. The zero-order valence-corrected chi connectivity index (χ0v) is 19.1. The highest BCUT2D eigenvalue weighted by molar-refractivity contribution is 6.31. The summed E-state index contributed by atoms with van der Waals surface area (Å²) in [6.45, 7) is 5.46. The number of benzene rings is 1. The molecule has 0 atom stereocenters. The number of aromatic nitrogens is 5. The van der Waals surface area contributed by atoms with Crippen LogP contribution in [0.5, 0.6) is 0 Å². The first-order valence-corrected chi connectivity index (χ1v) is 10.4. The van der Waals surface area contributed by atoms with E-state index in [2.05, 4.69) is 20.7 Å². The molecule has 34 heavy (non-hydrogen) atoms. The molecule has 0 fully saturated rings. The topological polar surface area (TPSA) is 134 Å². The molecule has 3 aromatic heterocycles. The molecule has 0 aliphatic carbocycles. The second-order valence-electron chi connectivity index (χ2n) is 7.64. The van der Waals surface area contributed by atoms with Crippen molar-refractivity contribution < 1.29 is 18.6 Å². The first-order chi connectivity index (χ1) is 16.1. The van der Waals surface area contributed by atoms with Crippen molar-refractivity contribution in [3.8, 4) is 0 Å². The number of carbonyl (C=O) groups excluding carboxylic acids is 1. The van der Waals surface area contributed by atoms with Crippen molar-refractivity contribution in [3.63, 3.8) is 0 Å². The van der Waals surface area contributed by atoms with Gasteiger partial charge < -0.3 is 20.0 Å². The van der Waals surface area contributed by atoms with E-state index >= 15 is 0 Å². The van der Waals surface area contributed by atoms with Gasteiger partial charge in [-0.2, -0.15) is 9.78 Å². The Morgan fingerprint density at radius 3 is 2.53 bits per heavy atom. The van der Waals surface area contributed by atoms with E-state index in [4.69, 9.17) is 16.1 Å². The van der Waals surface area contributed by atoms with Crippen LogP contribution in [0.2, 0.25) is 5.02 Å². The molecule has 176 valence electrons. The van der Waals surface area contributed by atoms with Gasteiger partial charge >= 0.3 is 5.82 Å². The fourth-order valence-corrected chi connectivity index (χ4v) is 3.59. The summed E-state index contributed by atoms with van der Waals surface area (Å²) in [6, 6.07) is 7.12. The fourth-order valence-electron chi connectivity index (χ4n) is 3.37. The van der Waals surface area contributed by atoms with Gasteiger partial charge in [-0.3, -0.25) is 9.48 Å². The van der Waals surface area contributed by atoms with E-state index in [1.54, 1.807) is 37.6 Å². The van der Waals surface area contributed by atoms with Crippen molar-refractivity contribution in [2.45, 2.75) is 33.9 Å². The summed E-state index contributed by atoms with van der Waals surface area (Å²) >= 11 is 6.11. The Hall–Kier alpha value is -4.06. The van der Waals surface area contributed by atoms with Gasteiger partial charge in [-0.25, -0.2) is 4.39 Å². The molecule has 0 unspecified atom stereocenters. The number of aryl methyl sites for hydroxylation is 3. The van der Waals surface area contributed by atoms with Crippen molar-refractivity contribution in [3.05, 3.63) is 85.3 Å². The highest BCUT2D eigenvalue weighted by Crippen LogP contribution is 2.22. The fraction of sp³-hybridized carbons (Fsp3) is 0.238. The quantitative estimate of drug-likeness (QED) is 0.307. The third kappa shape index (κ3) is 4.66. The molecule has 11 nitrogen and oxygen atoms in total. The van der Waals surface area contributed by atoms with Crippen LogP contribution in [0.15, 0.2) is 34.9 Å². The maximum absolute atomic E-state index is 13.3. The highest BCUT2D eigenvalue weighted by atomic mass is 35.5. The summed E-state index contributed by atoms with van der Waals surface area (Å²) in [5.41, 5.74) is 2.42. The molecule has 0 aliphatic heterocycles. The summed E-state index contributed by atoms with van der Waals surface area (Å²) in [5.74, 6) is -0.623. The van der Waals surface area contributed by atoms with Crippen LogP contribution in [0.25, 0.3) is 0 Å². The number of rotatable bonds is 7. The van der Waals surface area contributed by atoms with Crippen LogP contribution in [0, 0.1) is 36.7 Å². The standard InChI is InChI=1S/C21H19ClFN7O4/c1-11-6-18(25-28(11)9-14-4-5-15(23)8-17(14)22)24-21(31)20-16(13(3)34-27-20)10-29-12(2)7-19(26-29)30(32)33/h4-8H,9-10H2,1-3H3,(H,24,25,31). The van der Waals surface area contributed by atoms with Crippen LogP contribution in [0.3, 0.4) is 0 Å². The van der Waals surface area contributed by atoms with Crippen LogP contribution in [0.1, 0.15) is 38.8 Å². The molecule has 0 radical (unpaired) electrons. The van der Waals surface area contributed by atoms with E-state index < -0.39 is 16.6 Å². The molecule has 1 aromatic carbocycles. The SMILES string of the molecule is Cc1onc(C(=O)Nc2cc(C)n(Cc3ccc(F)cc3Cl)n2)c1Cn1nc([N+](=O)[O-])cc1C. The summed E-state index contributed by atoms with van der Waals surface area (Å²) < 4.78 is 21.5. The summed E-state index contributed by atoms with van der Waals surface area (Å²) in [4.78, 5) is 23.3. The number of nitrogens with one attached hydrogen (secondary N) is 1. The molecule has 4 rings (SSSR count). The highest BCUT2D eigenvalue weighted by Gasteiger charge is 2.24. The number of hydrogen-bond donors (Lipinski definition) is 1. The molecule has 1 N–H and O–H groups in total. The van der Waals surface area contributed by atoms with Gasteiger partial charge in [0, 0.05) is 16.8 Å². The zero-order chi connectivity index (χ0) is 24.6. The Kier molecular flexibility index (Phi) is 6.16. The van der Waals surface area contributed by atoms with E-state index in [0.717, 1.165) is 5.69 Å². The first kappa shape index (κ1) is 23.1. The number of carbonyl (C=O) groups is 1. The molecule has 1 amide bonds. The number of nitro groups is 1. The minimum atomic E-state index is -0.588. The van der Waals surface area contributed by atoms with Gasteiger partial charge in [0.15, 0.2) is 11.5 Å². The third-order valence-electron chi connectivity index (χ3n) is 5.22. The van der Waals surface area contributed by atoms with Crippen LogP contribution in [-0.4, -0.2) is 35.5 Å². The van der Waals surface area contributed by atoms with E-state index in [0.29, 0.717) is 22.6 Å². The number of amides is 1. The molecule has 4 aromatic rings. The van der Waals surface area contributed by atoms with Crippen molar-refractivity contribution in [2.24, 2.45) is 0 Å². The Morgan fingerprint density at radius 1 is 1.15 bits per heavy atom. The summed E-state index contributed by atoms with van der Waals surface area (Å²) in [7, 11) is 0. The van der Waals surface area contributed by atoms with Gasteiger partial charge in [0.1, 0.15) is 11.6 Å². The lowest BCUT2D eigenvalue weighted by atomic mass is 10.2. The summed E-state index contributed by atoms with van der Waals surface area (Å²) in [5, 5.41) is 26.1.